The number of aliphatic hydroxyl groups excluding tert-OH is 1. The Hall–Kier alpha value is -1.69. The highest BCUT2D eigenvalue weighted by Gasteiger charge is 2.29. The van der Waals surface area contributed by atoms with Crippen LogP contribution in [0.15, 0.2) is 42.5 Å². The number of carbonyl (C=O) groups is 1. The molecule has 0 aromatic heterocycles. The first-order valence-corrected chi connectivity index (χ1v) is 6.55. The first-order valence-electron chi connectivity index (χ1n) is 6.55. The van der Waals surface area contributed by atoms with Gasteiger partial charge in [0.05, 0.1) is 13.2 Å². The molecule has 3 atom stereocenters. The van der Waals surface area contributed by atoms with Gasteiger partial charge < -0.3 is 19.3 Å². The van der Waals surface area contributed by atoms with Crippen molar-refractivity contribution in [3.63, 3.8) is 0 Å². The van der Waals surface area contributed by atoms with Crippen molar-refractivity contribution in [3.05, 3.63) is 48.0 Å². The summed E-state index contributed by atoms with van der Waals surface area (Å²) in [6.45, 7) is 2.20. The standard InChI is InChI=1S/C15H18O5/c1-2-18-14(17)9-8-13-12(16)10-19-15(20-13)11-6-4-3-5-7-11/h3-9,12-13,15-16H,2,10H2,1H3/b9-8-/t12-,13+,15-/m1/s1. The Labute approximate surface area is 117 Å². The summed E-state index contributed by atoms with van der Waals surface area (Å²) in [6, 6.07) is 9.44. The summed E-state index contributed by atoms with van der Waals surface area (Å²) >= 11 is 0. The molecule has 1 aliphatic heterocycles. The van der Waals surface area contributed by atoms with Gasteiger partial charge in [0.2, 0.25) is 0 Å². The fourth-order valence-electron chi connectivity index (χ4n) is 1.88. The van der Waals surface area contributed by atoms with E-state index < -0.39 is 24.5 Å². The molecule has 0 radical (unpaired) electrons. The molecule has 5 nitrogen and oxygen atoms in total. The highest BCUT2D eigenvalue weighted by Crippen LogP contribution is 2.26. The van der Waals surface area contributed by atoms with Crippen molar-refractivity contribution < 1.29 is 24.1 Å². The fraction of sp³-hybridized carbons (Fsp3) is 0.400. The zero-order chi connectivity index (χ0) is 14.4. The molecule has 0 saturated carbocycles. The van der Waals surface area contributed by atoms with Crippen LogP contribution in [0.3, 0.4) is 0 Å². The van der Waals surface area contributed by atoms with Gasteiger partial charge >= 0.3 is 5.97 Å². The Morgan fingerprint density at radius 1 is 1.45 bits per heavy atom. The van der Waals surface area contributed by atoms with Crippen LogP contribution in [-0.4, -0.2) is 36.5 Å². The normalized spacial score (nSPS) is 26.6. The minimum absolute atomic E-state index is 0.150. The van der Waals surface area contributed by atoms with Gasteiger partial charge in [-0.2, -0.15) is 0 Å². The first kappa shape index (κ1) is 14.7. The van der Waals surface area contributed by atoms with Gasteiger partial charge in [-0.05, 0) is 13.0 Å². The summed E-state index contributed by atoms with van der Waals surface area (Å²) in [4.78, 5) is 11.3. The molecular formula is C15H18O5. The van der Waals surface area contributed by atoms with E-state index in [2.05, 4.69) is 0 Å². The van der Waals surface area contributed by atoms with E-state index in [0.29, 0.717) is 6.61 Å². The smallest absolute Gasteiger partial charge is 0.330 e. The topological polar surface area (TPSA) is 65.0 Å². The maximum Gasteiger partial charge on any atom is 0.330 e. The van der Waals surface area contributed by atoms with Crippen molar-refractivity contribution in [3.8, 4) is 0 Å². The second kappa shape index (κ2) is 7.19. The average molecular weight is 278 g/mol. The molecule has 0 aliphatic carbocycles. The van der Waals surface area contributed by atoms with Gasteiger partial charge in [0.1, 0.15) is 12.2 Å². The third kappa shape index (κ3) is 3.90. The minimum Gasteiger partial charge on any atom is -0.463 e. The molecule has 20 heavy (non-hydrogen) atoms. The molecule has 1 heterocycles. The van der Waals surface area contributed by atoms with Crippen LogP contribution in [0.5, 0.6) is 0 Å². The molecule has 5 heteroatoms. The predicted octanol–water partition coefficient (Wildman–Crippen LogP) is 1.58. The molecule has 1 aromatic carbocycles. The van der Waals surface area contributed by atoms with E-state index in [1.54, 1.807) is 6.92 Å². The summed E-state index contributed by atoms with van der Waals surface area (Å²) in [5.41, 5.74) is 0.869. The largest absolute Gasteiger partial charge is 0.463 e. The molecule has 1 saturated heterocycles. The highest BCUT2D eigenvalue weighted by atomic mass is 16.7. The van der Waals surface area contributed by atoms with Crippen molar-refractivity contribution in [1.29, 1.82) is 0 Å². The van der Waals surface area contributed by atoms with E-state index in [1.807, 2.05) is 30.3 Å². The lowest BCUT2D eigenvalue weighted by Crippen LogP contribution is -2.39. The van der Waals surface area contributed by atoms with Gasteiger partial charge in [-0.3, -0.25) is 0 Å². The van der Waals surface area contributed by atoms with Crippen LogP contribution < -0.4 is 0 Å². The van der Waals surface area contributed by atoms with Gasteiger partial charge in [-0.15, -0.1) is 0 Å². The first-order chi connectivity index (χ1) is 9.70. The number of benzene rings is 1. The minimum atomic E-state index is -0.805. The average Bonchev–Trinajstić information content (AvgIpc) is 2.47. The zero-order valence-electron chi connectivity index (χ0n) is 11.3. The number of hydrogen-bond donors (Lipinski definition) is 1. The molecule has 1 fully saturated rings. The summed E-state index contributed by atoms with van der Waals surface area (Å²) in [5.74, 6) is -0.453. The van der Waals surface area contributed by atoms with Crippen LogP contribution >= 0.6 is 0 Å². The molecular weight excluding hydrogens is 260 g/mol. The van der Waals surface area contributed by atoms with Crippen molar-refractivity contribution in [1.82, 2.24) is 0 Å². The molecule has 0 spiro atoms. The second-order valence-corrected chi connectivity index (χ2v) is 4.36. The Bertz CT molecular complexity index is 457. The lowest BCUT2D eigenvalue weighted by atomic mass is 10.1. The quantitative estimate of drug-likeness (QED) is 0.669. The predicted molar refractivity (Wildman–Crippen MR) is 71.8 cm³/mol. The molecule has 0 amide bonds. The number of ether oxygens (including phenoxy) is 3. The van der Waals surface area contributed by atoms with E-state index in [9.17, 15) is 9.90 Å². The van der Waals surface area contributed by atoms with E-state index >= 15 is 0 Å². The number of hydrogen-bond acceptors (Lipinski definition) is 5. The van der Waals surface area contributed by atoms with Crippen LogP contribution in [0.2, 0.25) is 0 Å². The van der Waals surface area contributed by atoms with E-state index in [-0.39, 0.29) is 6.61 Å². The third-order valence-corrected chi connectivity index (χ3v) is 2.86. The van der Waals surface area contributed by atoms with Crippen LogP contribution in [-0.2, 0) is 19.0 Å². The molecule has 0 bridgehead atoms. The lowest BCUT2D eigenvalue weighted by Gasteiger charge is -2.32. The molecule has 2 rings (SSSR count). The number of aliphatic hydroxyl groups is 1. The van der Waals surface area contributed by atoms with Crippen LogP contribution in [0.1, 0.15) is 18.8 Å². The Balaban J connectivity index is 2.00. The molecule has 108 valence electrons. The maximum atomic E-state index is 11.3. The van der Waals surface area contributed by atoms with Crippen molar-refractivity contribution in [2.45, 2.75) is 25.4 Å². The fourth-order valence-corrected chi connectivity index (χ4v) is 1.88. The third-order valence-electron chi connectivity index (χ3n) is 2.86. The van der Waals surface area contributed by atoms with Gasteiger partial charge in [0.25, 0.3) is 0 Å². The van der Waals surface area contributed by atoms with Crippen molar-refractivity contribution in [2.75, 3.05) is 13.2 Å². The maximum absolute atomic E-state index is 11.3. The number of carbonyl (C=O) groups excluding carboxylic acids is 1. The van der Waals surface area contributed by atoms with E-state index in [1.165, 1.54) is 12.2 Å². The van der Waals surface area contributed by atoms with Crippen molar-refractivity contribution >= 4 is 5.97 Å². The molecule has 0 unspecified atom stereocenters. The molecule has 1 aliphatic rings. The van der Waals surface area contributed by atoms with Gasteiger partial charge in [-0.25, -0.2) is 4.79 Å². The number of esters is 1. The zero-order valence-corrected chi connectivity index (χ0v) is 11.3. The number of rotatable bonds is 4. The van der Waals surface area contributed by atoms with Gasteiger partial charge in [0.15, 0.2) is 6.29 Å². The Morgan fingerprint density at radius 2 is 2.20 bits per heavy atom. The summed E-state index contributed by atoms with van der Waals surface area (Å²) in [5, 5.41) is 9.82. The van der Waals surface area contributed by atoms with E-state index in [0.717, 1.165) is 5.56 Å². The lowest BCUT2D eigenvalue weighted by molar-refractivity contribution is -0.243. The van der Waals surface area contributed by atoms with Crippen LogP contribution in [0, 0.1) is 0 Å². The van der Waals surface area contributed by atoms with E-state index in [4.69, 9.17) is 14.2 Å². The van der Waals surface area contributed by atoms with Crippen molar-refractivity contribution in [2.24, 2.45) is 0 Å². The van der Waals surface area contributed by atoms with Crippen LogP contribution in [0.4, 0.5) is 0 Å². The Kier molecular flexibility index (Phi) is 5.29. The van der Waals surface area contributed by atoms with Crippen LogP contribution in [0.25, 0.3) is 0 Å². The van der Waals surface area contributed by atoms with Gasteiger partial charge in [0, 0.05) is 11.6 Å². The summed E-state index contributed by atoms with van der Waals surface area (Å²) in [6.07, 6.45) is 0.821. The Morgan fingerprint density at radius 3 is 2.90 bits per heavy atom. The SMILES string of the molecule is CCOC(=O)/C=C\[C@@H]1O[C@H](c2ccccc2)OC[C@H]1O. The molecule has 1 N–H and O–H groups in total. The molecule has 1 aromatic rings. The summed E-state index contributed by atoms with van der Waals surface area (Å²) in [7, 11) is 0. The monoisotopic (exact) mass is 278 g/mol. The van der Waals surface area contributed by atoms with Gasteiger partial charge in [-0.1, -0.05) is 30.3 Å². The summed E-state index contributed by atoms with van der Waals surface area (Å²) < 4.78 is 15.9. The second-order valence-electron chi connectivity index (χ2n) is 4.36. The highest BCUT2D eigenvalue weighted by molar-refractivity contribution is 5.81.